The number of benzene rings is 1. The zero-order chi connectivity index (χ0) is 13.5. The van der Waals surface area contributed by atoms with Crippen LogP contribution in [0.25, 0.3) is 10.9 Å². The molecule has 1 saturated carbocycles. The highest BCUT2D eigenvalue weighted by molar-refractivity contribution is 5.85. The molecule has 0 saturated heterocycles. The van der Waals surface area contributed by atoms with Gasteiger partial charge < -0.3 is 15.4 Å². The average Bonchev–Trinajstić information content (AvgIpc) is 2.82. The van der Waals surface area contributed by atoms with E-state index >= 15 is 0 Å². The molecule has 106 valence electrons. The molecule has 0 aliphatic heterocycles. The molecule has 3 N–H and O–H groups in total. The van der Waals surface area contributed by atoms with E-state index in [0.717, 1.165) is 19.4 Å². The number of H-pyrrole nitrogens is 1. The lowest BCUT2D eigenvalue weighted by Gasteiger charge is -2.33. The first-order chi connectivity index (χ1) is 9.81. The van der Waals surface area contributed by atoms with E-state index in [0.29, 0.717) is 12.0 Å². The molecule has 3 nitrogen and oxygen atoms in total. The van der Waals surface area contributed by atoms with E-state index in [2.05, 4.69) is 34.6 Å². The zero-order valence-electron chi connectivity index (χ0n) is 11.7. The van der Waals surface area contributed by atoms with Crippen LogP contribution in [-0.4, -0.2) is 22.7 Å². The van der Waals surface area contributed by atoms with Gasteiger partial charge in [0.2, 0.25) is 0 Å². The number of rotatable bonds is 3. The van der Waals surface area contributed by atoms with Crippen molar-refractivity contribution in [3.8, 4) is 0 Å². The molecule has 0 spiro atoms. The molecule has 2 aliphatic carbocycles. The Bertz CT molecular complexity index is 612. The summed E-state index contributed by atoms with van der Waals surface area (Å²) in [7, 11) is 0. The highest BCUT2D eigenvalue weighted by atomic mass is 16.3. The monoisotopic (exact) mass is 270 g/mol. The van der Waals surface area contributed by atoms with Crippen LogP contribution in [0.4, 0.5) is 0 Å². The number of hydrogen-bond acceptors (Lipinski definition) is 2. The first-order valence-corrected chi connectivity index (χ1v) is 7.82. The molecule has 1 heterocycles. The van der Waals surface area contributed by atoms with Crippen LogP contribution < -0.4 is 5.32 Å². The summed E-state index contributed by atoms with van der Waals surface area (Å²) in [6.07, 6.45) is 5.57. The Morgan fingerprint density at radius 2 is 2.10 bits per heavy atom. The van der Waals surface area contributed by atoms with Crippen molar-refractivity contribution in [3.05, 3.63) is 35.5 Å². The molecular formula is C17H22N2O. The maximum absolute atomic E-state index is 9.37. The van der Waals surface area contributed by atoms with Gasteiger partial charge >= 0.3 is 0 Å². The van der Waals surface area contributed by atoms with Crippen LogP contribution >= 0.6 is 0 Å². The number of fused-ring (bicyclic) bond motifs is 3. The largest absolute Gasteiger partial charge is 0.393 e. The Morgan fingerprint density at radius 1 is 1.25 bits per heavy atom. The summed E-state index contributed by atoms with van der Waals surface area (Å²) >= 11 is 0. The summed E-state index contributed by atoms with van der Waals surface area (Å²) < 4.78 is 0. The molecule has 0 bridgehead atoms. The van der Waals surface area contributed by atoms with Crippen molar-refractivity contribution in [3.63, 3.8) is 0 Å². The maximum Gasteiger partial charge on any atom is 0.0546 e. The lowest BCUT2D eigenvalue weighted by atomic mass is 9.82. The first kappa shape index (κ1) is 12.4. The lowest BCUT2D eigenvalue weighted by Crippen LogP contribution is -2.38. The van der Waals surface area contributed by atoms with Crippen molar-refractivity contribution in [1.29, 1.82) is 0 Å². The molecule has 4 rings (SSSR count). The van der Waals surface area contributed by atoms with Gasteiger partial charge in [-0.05, 0) is 56.2 Å². The topological polar surface area (TPSA) is 48.0 Å². The molecule has 1 aromatic carbocycles. The van der Waals surface area contributed by atoms with Crippen LogP contribution in [0.15, 0.2) is 24.3 Å². The van der Waals surface area contributed by atoms with Gasteiger partial charge in [0.05, 0.1) is 6.10 Å². The first-order valence-electron chi connectivity index (χ1n) is 7.82. The fourth-order valence-corrected chi connectivity index (χ4v) is 3.80. The second kappa shape index (κ2) is 4.90. The van der Waals surface area contributed by atoms with Gasteiger partial charge in [-0.3, -0.25) is 0 Å². The second-order valence-electron chi connectivity index (χ2n) is 6.41. The zero-order valence-corrected chi connectivity index (χ0v) is 11.7. The van der Waals surface area contributed by atoms with E-state index in [-0.39, 0.29) is 6.10 Å². The highest BCUT2D eigenvalue weighted by Gasteiger charge is 2.29. The van der Waals surface area contributed by atoms with E-state index in [1.165, 1.54) is 41.4 Å². The molecular weight excluding hydrogens is 248 g/mol. The van der Waals surface area contributed by atoms with Gasteiger partial charge in [-0.1, -0.05) is 18.2 Å². The lowest BCUT2D eigenvalue weighted by molar-refractivity contribution is 0.0415. The normalized spacial score (nSPS) is 29.1. The van der Waals surface area contributed by atoms with Crippen molar-refractivity contribution in [2.75, 3.05) is 6.54 Å². The predicted molar refractivity (Wildman–Crippen MR) is 80.7 cm³/mol. The number of nitrogens with one attached hydrogen (secondary N) is 2. The Kier molecular flexibility index (Phi) is 3.04. The third-order valence-corrected chi connectivity index (χ3v) is 4.98. The number of aliphatic hydroxyl groups excluding tert-OH is 1. The summed E-state index contributed by atoms with van der Waals surface area (Å²) in [6.45, 7) is 1.04. The fourth-order valence-electron chi connectivity index (χ4n) is 3.80. The Balaban J connectivity index is 1.55. The molecule has 3 heteroatoms. The minimum Gasteiger partial charge on any atom is -0.393 e. The highest BCUT2D eigenvalue weighted by Crippen LogP contribution is 2.35. The number of hydrogen-bond donors (Lipinski definition) is 3. The van der Waals surface area contributed by atoms with Crippen molar-refractivity contribution in [2.24, 2.45) is 5.92 Å². The van der Waals surface area contributed by atoms with Crippen molar-refractivity contribution >= 4 is 10.9 Å². The van der Waals surface area contributed by atoms with Crippen LogP contribution in [0, 0.1) is 5.92 Å². The minimum absolute atomic E-state index is 0.0446. The standard InChI is InChI=1S/C17H22N2O/c20-12-8-11(9-12)10-18-16-7-3-5-14-13-4-1-2-6-15(13)19-17(14)16/h1-2,4,6,11-12,16,18-20H,3,5,7-10H2. The van der Waals surface area contributed by atoms with Crippen LogP contribution in [0.5, 0.6) is 0 Å². The summed E-state index contributed by atoms with van der Waals surface area (Å²) in [4.78, 5) is 3.62. The van der Waals surface area contributed by atoms with Crippen LogP contribution in [0.1, 0.15) is 43.0 Å². The number of aromatic amines is 1. The van der Waals surface area contributed by atoms with E-state index < -0.39 is 0 Å². The Labute approximate surface area is 119 Å². The van der Waals surface area contributed by atoms with Crippen LogP contribution in [-0.2, 0) is 6.42 Å². The third-order valence-electron chi connectivity index (χ3n) is 4.98. The summed E-state index contributed by atoms with van der Waals surface area (Å²) in [5.74, 6) is 0.666. The molecule has 2 aromatic rings. The van der Waals surface area contributed by atoms with Crippen molar-refractivity contribution < 1.29 is 5.11 Å². The minimum atomic E-state index is -0.0446. The van der Waals surface area contributed by atoms with Gasteiger partial charge in [-0.15, -0.1) is 0 Å². The van der Waals surface area contributed by atoms with Gasteiger partial charge in [0.1, 0.15) is 0 Å². The molecule has 20 heavy (non-hydrogen) atoms. The van der Waals surface area contributed by atoms with Gasteiger partial charge in [0.25, 0.3) is 0 Å². The second-order valence-corrected chi connectivity index (χ2v) is 6.41. The Morgan fingerprint density at radius 3 is 2.95 bits per heavy atom. The van der Waals surface area contributed by atoms with Crippen LogP contribution in [0.3, 0.4) is 0 Å². The van der Waals surface area contributed by atoms with E-state index in [4.69, 9.17) is 0 Å². The molecule has 0 amide bonds. The van der Waals surface area contributed by atoms with Crippen molar-refractivity contribution in [2.45, 2.75) is 44.2 Å². The maximum atomic E-state index is 9.37. The molecule has 2 aliphatic rings. The summed E-state index contributed by atoms with van der Waals surface area (Å²) in [5.41, 5.74) is 4.18. The predicted octanol–water partition coefficient (Wildman–Crippen LogP) is 2.91. The van der Waals surface area contributed by atoms with Crippen molar-refractivity contribution in [1.82, 2.24) is 10.3 Å². The smallest absolute Gasteiger partial charge is 0.0546 e. The Hall–Kier alpha value is -1.32. The summed E-state index contributed by atoms with van der Waals surface area (Å²) in [5, 5.41) is 14.5. The SMILES string of the molecule is OC1CC(CNC2CCCc3c2[nH]c2ccccc32)C1. The molecule has 1 fully saturated rings. The van der Waals surface area contributed by atoms with E-state index in [1.54, 1.807) is 0 Å². The van der Waals surface area contributed by atoms with Gasteiger partial charge in [0.15, 0.2) is 0 Å². The molecule has 1 atom stereocenters. The quantitative estimate of drug-likeness (QED) is 0.803. The number of aliphatic hydroxyl groups is 1. The number of para-hydroxylation sites is 1. The number of aromatic nitrogens is 1. The number of aryl methyl sites for hydroxylation is 1. The molecule has 0 radical (unpaired) electrons. The summed E-state index contributed by atoms with van der Waals surface area (Å²) in [6, 6.07) is 9.09. The van der Waals surface area contributed by atoms with Gasteiger partial charge in [-0.25, -0.2) is 0 Å². The van der Waals surface area contributed by atoms with Gasteiger partial charge in [0, 0.05) is 22.6 Å². The van der Waals surface area contributed by atoms with E-state index in [9.17, 15) is 5.11 Å². The van der Waals surface area contributed by atoms with Gasteiger partial charge in [-0.2, -0.15) is 0 Å². The average molecular weight is 270 g/mol. The molecule has 1 aromatic heterocycles. The molecule has 1 unspecified atom stereocenters. The van der Waals surface area contributed by atoms with E-state index in [1.807, 2.05) is 0 Å². The fraction of sp³-hybridized carbons (Fsp3) is 0.529. The van der Waals surface area contributed by atoms with Crippen LogP contribution in [0.2, 0.25) is 0 Å². The third kappa shape index (κ3) is 2.05.